The molecule has 37 heavy (non-hydrogen) atoms. The van der Waals surface area contributed by atoms with Crippen molar-refractivity contribution in [1.29, 1.82) is 0 Å². The number of benzene rings is 2. The third-order valence-corrected chi connectivity index (χ3v) is 6.75. The van der Waals surface area contributed by atoms with E-state index < -0.39 is 6.10 Å². The molecule has 1 fully saturated rings. The third-order valence-electron chi connectivity index (χ3n) is 6.09. The van der Waals surface area contributed by atoms with Crippen molar-refractivity contribution in [2.24, 2.45) is 10.9 Å². The predicted octanol–water partition coefficient (Wildman–Crippen LogP) is 5.61. The Kier molecular flexibility index (Phi) is 11.8. The van der Waals surface area contributed by atoms with Gasteiger partial charge in [0.05, 0.1) is 4.48 Å². The second-order valence-corrected chi connectivity index (χ2v) is 9.95. The number of aliphatic hydroxyl groups is 1. The lowest BCUT2D eigenvalue weighted by molar-refractivity contribution is 0.0551. The number of halogens is 1. The van der Waals surface area contributed by atoms with E-state index in [0.29, 0.717) is 34.4 Å². The second-order valence-electron chi connectivity index (χ2n) is 9.10. The molecule has 1 unspecified atom stereocenters. The molecule has 0 bridgehead atoms. The normalized spacial score (nSPS) is 16.3. The van der Waals surface area contributed by atoms with Gasteiger partial charge in [-0.05, 0) is 84.9 Å². The fourth-order valence-corrected chi connectivity index (χ4v) is 4.47. The van der Waals surface area contributed by atoms with Crippen molar-refractivity contribution in [2.75, 3.05) is 38.2 Å². The van der Waals surface area contributed by atoms with Crippen LogP contribution in [0.25, 0.3) is 0 Å². The summed E-state index contributed by atoms with van der Waals surface area (Å²) < 4.78 is 12.0. The summed E-state index contributed by atoms with van der Waals surface area (Å²) >= 11 is 3.37. The van der Waals surface area contributed by atoms with Crippen molar-refractivity contribution in [3.05, 3.63) is 83.2 Å². The number of nitrogens with zero attached hydrogens (tertiary/aromatic N) is 2. The summed E-state index contributed by atoms with van der Waals surface area (Å²) in [5.74, 6) is 4.76. The van der Waals surface area contributed by atoms with Gasteiger partial charge >= 0.3 is 0 Å². The first-order chi connectivity index (χ1) is 18.0. The number of hydrogen-bond acceptors (Lipinski definition) is 5. The lowest BCUT2D eigenvalue weighted by Crippen LogP contribution is -2.41. The van der Waals surface area contributed by atoms with Crippen molar-refractivity contribution < 1.29 is 14.6 Å². The van der Waals surface area contributed by atoms with Crippen LogP contribution in [0, 0.1) is 18.3 Å². The highest BCUT2D eigenvalue weighted by Gasteiger charge is 2.21. The number of likely N-dealkylation sites (tertiary alicyclic amines) is 1. The Morgan fingerprint density at radius 3 is 2.73 bits per heavy atom. The molecule has 0 aromatic heterocycles. The van der Waals surface area contributed by atoms with Gasteiger partial charge in [-0.1, -0.05) is 48.9 Å². The molecular formula is C30H36BrN3O3. The molecule has 0 radical (unpaired) electrons. The lowest BCUT2D eigenvalue weighted by atomic mass is 9.90. The van der Waals surface area contributed by atoms with Crippen LogP contribution < -0.4 is 10.1 Å². The zero-order valence-corrected chi connectivity index (χ0v) is 23.0. The van der Waals surface area contributed by atoms with Crippen molar-refractivity contribution >= 4 is 27.5 Å². The summed E-state index contributed by atoms with van der Waals surface area (Å²) in [6.07, 6.45) is 9.78. The van der Waals surface area contributed by atoms with Gasteiger partial charge in [0.1, 0.15) is 24.3 Å². The number of amidine groups is 1. The van der Waals surface area contributed by atoms with E-state index in [0.717, 1.165) is 38.0 Å². The Morgan fingerprint density at radius 2 is 2.03 bits per heavy atom. The number of allylic oxidation sites excluding steroid dienone is 2. The van der Waals surface area contributed by atoms with Crippen molar-refractivity contribution in [1.82, 2.24) is 4.90 Å². The van der Waals surface area contributed by atoms with E-state index in [-0.39, 0.29) is 13.2 Å². The Morgan fingerprint density at radius 1 is 1.27 bits per heavy atom. The van der Waals surface area contributed by atoms with E-state index in [1.807, 2.05) is 31.2 Å². The van der Waals surface area contributed by atoms with Gasteiger partial charge in [0.15, 0.2) is 6.61 Å². The SMILES string of the molecule is C#CCOC(/N=C(\C)Nc1cccc(OCC(O)CN2CCC(Cc3ccccc3)CC2)c1)=C(\Br)C=C. The molecule has 3 rings (SSSR count). The first kappa shape index (κ1) is 28.5. The highest BCUT2D eigenvalue weighted by atomic mass is 79.9. The molecule has 2 aromatic carbocycles. The molecule has 0 spiro atoms. The average molecular weight is 567 g/mol. The standard InChI is InChI=1S/C30H36BrN3O3/c1-4-18-36-30(29(31)5-2)33-23(3)32-26-12-9-13-28(20-26)37-22-27(35)21-34-16-14-25(15-17-34)19-24-10-7-6-8-11-24/h1,5-13,20,25,27,35H,2,14-19,21-22H2,3H3,(H,32,33)/b30-29-. The minimum Gasteiger partial charge on any atom is -0.491 e. The maximum absolute atomic E-state index is 10.6. The van der Waals surface area contributed by atoms with Gasteiger partial charge in [-0.2, -0.15) is 4.99 Å². The number of piperidine rings is 1. The molecule has 7 heteroatoms. The number of terminal acetylenes is 1. The maximum Gasteiger partial charge on any atom is 0.230 e. The van der Waals surface area contributed by atoms with Crippen LogP contribution >= 0.6 is 15.9 Å². The summed E-state index contributed by atoms with van der Waals surface area (Å²) in [7, 11) is 0. The zero-order valence-electron chi connectivity index (χ0n) is 21.4. The quantitative estimate of drug-likeness (QED) is 0.115. The highest BCUT2D eigenvalue weighted by Crippen LogP contribution is 2.23. The van der Waals surface area contributed by atoms with Gasteiger partial charge in [0.2, 0.25) is 5.88 Å². The molecule has 1 heterocycles. The molecule has 0 saturated carbocycles. The van der Waals surface area contributed by atoms with Gasteiger partial charge in [0.25, 0.3) is 0 Å². The minimum atomic E-state index is -0.553. The maximum atomic E-state index is 10.6. The highest BCUT2D eigenvalue weighted by molar-refractivity contribution is 9.11. The van der Waals surface area contributed by atoms with Crippen LogP contribution in [0.5, 0.6) is 5.75 Å². The molecule has 1 aliphatic rings. The number of ether oxygens (including phenoxy) is 2. The number of aliphatic hydroxyl groups excluding tert-OH is 1. The summed E-state index contributed by atoms with van der Waals surface area (Å²) in [4.78, 5) is 6.78. The van der Waals surface area contributed by atoms with E-state index in [1.54, 1.807) is 6.08 Å². The number of hydrogen-bond donors (Lipinski definition) is 2. The first-order valence-electron chi connectivity index (χ1n) is 12.5. The van der Waals surface area contributed by atoms with E-state index >= 15 is 0 Å². The molecule has 1 atom stereocenters. The monoisotopic (exact) mass is 565 g/mol. The Hall–Kier alpha value is -3.05. The smallest absolute Gasteiger partial charge is 0.230 e. The van der Waals surface area contributed by atoms with Gasteiger partial charge in [-0.15, -0.1) is 6.42 Å². The van der Waals surface area contributed by atoms with Gasteiger partial charge in [-0.3, -0.25) is 0 Å². The predicted molar refractivity (Wildman–Crippen MR) is 155 cm³/mol. The Labute approximate surface area is 229 Å². The van der Waals surface area contributed by atoms with Crippen molar-refractivity contribution in [2.45, 2.75) is 32.3 Å². The number of rotatable bonds is 12. The molecule has 0 aliphatic carbocycles. The van der Waals surface area contributed by atoms with Crippen LogP contribution in [0.4, 0.5) is 5.69 Å². The lowest BCUT2D eigenvalue weighted by Gasteiger charge is -2.33. The van der Waals surface area contributed by atoms with Gasteiger partial charge in [-0.25, -0.2) is 0 Å². The van der Waals surface area contributed by atoms with Crippen LogP contribution in [0.15, 0.2) is 82.6 Å². The molecule has 1 saturated heterocycles. The number of anilines is 1. The Bertz CT molecular complexity index is 1100. The van der Waals surface area contributed by atoms with Crippen LogP contribution in [0.1, 0.15) is 25.3 Å². The average Bonchev–Trinajstić information content (AvgIpc) is 2.91. The summed E-state index contributed by atoms with van der Waals surface area (Å²) in [6.45, 7) is 8.52. The van der Waals surface area contributed by atoms with Gasteiger partial charge in [0, 0.05) is 18.3 Å². The summed E-state index contributed by atoms with van der Waals surface area (Å²) in [5.41, 5.74) is 2.21. The second kappa shape index (κ2) is 15.3. The Balaban J connectivity index is 1.44. The molecule has 1 aliphatic heterocycles. The fourth-order valence-electron chi connectivity index (χ4n) is 4.27. The largest absolute Gasteiger partial charge is 0.491 e. The molecule has 2 N–H and O–H groups in total. The van der Waals surface area contributed by atoms with E-state index in [2.05, 4.69) is 74.0 Å². The van der Waals surface area contributed by atoms with Crippen LogP contribution in [-0.4, -0.2) is 54.8 Å². The van der Waals surface area contributed by atoms with E-state index in [9.17, 15) is 5.11 Å². The minimum absolute atomic E-state index is 0.104. The van der Waals surface area contributed by atoms with Crippen LogP contribution in [0.3, 0.4) is 0 Å². The third kappa shape index (κ3) is 10.1. The topological polar surface area (TPSA) is 66.3 Å². The van der Waals surface area contributed by atoms with Crippen LogP contribution in [0.2, 0.25) is 0 Å². The zero-order chi connectivity index (χ0) is 26.5. The number of nitrogens with one attached hydrogen (secondary N) is 1. The molecular weight excluding hydrogens is 530 g/mol. The summed E-state index contributed by atoms with van der Waals surface area (Å²) in [6, 6.07) is 18.2. The van der Waals surface area contributed by atoms with Crippen molar-refractivity contribution in [3.8, 4) is 18.1 Å². The fraction of sp³-hybridized carbons (Fsp3) is 0.367. The van der Waals surface area contributed by atoms with E-state index in [1.165, 1.54) is 5.56 Å². The number of aliphatic imine (C=N–C) groups is 1. The first-order valence-corrected chi connectivity index (χ1v) is 13.3. The van der Waals surface area contributed by atoms with Crippen molar-refractivity contribution in [3.63, 3.8) is 0 Å². The van der Waals surface area contributed by atoms with Gasteiger partial charge < -0.3 is 24.8 Å². The molecule has 196 valence electrons. The molecule has 0 amide bonds. The number of β-amino-alcohol motifs (C(OH)–C–C–N with tert-alkyl or cyclic N) is 1. The molecule has 2 aromatic rings. The van der Waals surface area contributed by atoms with E-state index in [4.69, 9.17) is 15.9 Å². The van der Waals surface area contributed by atoms with Crippen LogP contribution in [-0.2, 0) is 11.2 Å². The summed E-state index contributed by atoms with van der Waals surface area (Å²) in [5, 5.41) is 13.8. The molecule has 6 nitrogen and oxygen atoms in total.